The molecule has 0 bridgehead atoms. The third kappa shape index (κ3) is 12.8. The van der Waals surface area contributed by atoms with E-state index in [1.54, 1.807) is 26.0 Å². The number of carbonyl (C=O) groups is 3. The van der Waals surface area contributed by atoms with Gasteiger partial charge in [0, 0.05) is 17.3 Å². The fraction of sp³-hybridized carbons (Fsp3) is 0.500. The quantitative estimate of drug-likeness (QED) is 0.104. The van der Waals surface area contributed by atoms with Gasteiger partial charge in [0.05, 0.1) is 32.0 Å². The van der Waals surface area contributed by atoms with Gasteiger partial charge < -0.3 is 19.3 Å². The number of aryl methyl sites for hydroxylation is 1. The summed E-state index contributed by atoms with van der Waals surface area (Å²) in [6.45, 7) is 5.23. The molecule has 2 aromatic rings. The van der Waals surface area contributed by atoms with Crippen molar-refractivity contribution in [2.45, 2.75) is 71.6 Å². The number of unbranched alkanes of at least 4 members (excludes halogenated alkanes) is 3. The minimum Gasteiger partial charge on any atom is -0.494 e. The van der Waals surface area contributed by atoms with Crippen molar-refractivity contribution in [3.05, 3.63) is 57.6 Å². The number of amides is 1. The number of benzene rings is 2. The highest BCUT2D eigenvalue weighted by Gasteiger charge is 2.13. The minimum absolute atomic E-state index is 0.182. The Labute approximate surface area is 244 Å². The van der Waals surface area contributed by atoms with Crippen molar-refractivity contribution >= 4 is 33.8 Å². The molecule has 0 saturated heterocycles. The molecule has 2 N–H and O–H groups in total. The molecule has 0 aliphatic rings. The first-order valence-corrected chi connectivity index (χ1v) is 14.6. The molecule has 0 aliphatic heterocycles. The maximum absolute atomic E-state index is 12.0. The van der Waals surface area contributed by atoms with Crippen LogP contribution in [-0.4, -0.2) is 49.4 Å². The third-order valence-corrected chi connectivity index (χ3v) is 6.44. The fourth-order valence-electron chi connectivity index (χ4n) is 4.07. The van der Waals surface area contributed by atoms with E-state index in [9.17, 15) is 19.5 Å². The maximum Gasteiger partial charge on any atom is 0.335 e. The van der Waals surface area contributed by atoms with E-state index in [4.69, 9.17) is 19.0 Å². The van der Waals surface area contributed by atoms with Crippen LogP contribution in [0.4, 0.5) is 0 Å². The number of nitrogens with one attached hydrogen (secondary N) is 1. The predicted molar refractivity (Wildman–Crippen MR) is 155 cm³/mol. The number of ether oxygens (including phenoxy) is 3. The van der Waals surface area contributed by atoms with Crippen molar-refractivity contribution < 1.29 is 38.5 Å². The van der Waals surface area contributed by atoms with Crippen LogP contribution in [0.2, 0.25) is 0 Å². The lowest BCUT2D eigenvalue weighted by atomic mass is 9.96. The molecular weight excluding hydrogens is 582 g/mol. The summed E-state index contributed by atoms with van der Waals surface area (Å²) in [4.78, 5) is 39.9. The monoisotopic (exact) mass is 621 g/mol. The molecule has 2 aromatic carbocycles. The molecule has 0 spiro atoms. The van der Waals surface area contributed by atoms with Crippen molar-refractivity contribution in [1.82, 2.24) is 5.48 Å². The van der Waals surface area contributed by atoms with Gasteiger partial charge in [-0.3, -0.25) is 14.4 Å². The molecule has 0 atom stereocenters. The molecule has 0 heterocycles. The highest BCUT2D eigenvalue weighted by molar-refractivity contribution is 9.10. The Bertz CT molecular complexity index is 1090. The number of hydrogen-bond donors (Lipinski definition) is 2. The van der Waals surface area contributed by atoms with Gasteiger partial charge in [0.1, 0.15) is 11.5 Å². The van der Waals surface area contributed by atoms with Crippen molar-refractivity contribution in [3.63, 3.8) is 0 Å². The van der Waals surface area contributed by atoms with Crippen LogP contribution in [0, 0.1) is 0 Å². The van der Waals surface area contributed by atoms with Crippen molar-refractivity contribution in [1.29, 1.82) is 0 Å². The average Bonchev–Trinajstić information content (AvgIpc) is 2.92. The summed E-state index contributed by atoms with van der Waals surface area (Å²) < 4.78 is 17.6. The summed E-state index contributed by atoms with van der Waals surface area (Å²) in [5.41, 5.74) is 4.70. The van der Waals surface area contributed by atoms with Crippen LogP contribution >= 0.6 is 15.9 Å². The van der Waals surface area contributed by atoms with Gasteiger partial charge in [0.15, 0.2) is 0 Å². The average molecular weight is 623 g/mol. The molecule has 0 radical (unpaired) electrons. The highest BCUT2D eigenvalue weighted by atomic mass is 79.9. The summed E-state index contributed by atoms with van der Waals surface area (Å²) in [6, 6.07) is 10.7. The van der Waals surface area contributed by atoms with Gasteiger partial charge in [-0.15, -0.1) is 0 Å². The van der Waals surface area contributed by atoms with E-state index in [0.717, 1.165) is 49.0 Å². The summed E-state index contributed by atoms with van der Waals surface area (Å²) >= 11 is 3.32. The largest absolute Gasteiger partial charge is 0.494 e. The topological polar surface area (TPSA) is 120 Å². The van der Waals surface area contributed by atoms with Gasteiger partial charge in [-0.2, -0.15) is 0 Å². The third-order valence-electron chi connectivity index (χ3n) is 5.98. The lowest BCUT2D eigenvalue weighted by Gasteiger charge is -2.16. The van der Waals surface area contributed by atoms with E-state index in [1.807, 2.05) is 12.1 Å². The standard InChI is InChI=1S/C30H40BrNO8/c1-3-37-29(34)16-15-26-22(12-9-13-27(26)39-18-10-14-28(33)32-40-4-2)11-7-5-6-8-17-38-25-20-23(30(35)36)19-24(31)21-25/h9,12-13,19-21H,3-8,10-11,14-18H2,1-2H3,(H,32,33)(H,35,36). The SMILES string of the molecule is CCONC(=O)CCCOc1cccc(CCCCCCOc2cc(Br)cc(C(=O)O)c2)c1CCC(=O)OCC. The second kappa shape index (κ2) is 19.0. The van der Waals surface area contributed by atoms with Crippen LogP contribution in [0.1, 0.15) is 80.3 Å². The van der Waals surface area contributed by atoms with Crippen molar-refractivity contribution in [2.24, 2.45) is 0 Å². The van der Waals surface area contributed by atoms with Gasteiger partial charge in [0.25, 0.3) is 0 Å². The van der Waals surface area contributed by atoms with Crippen LogP contribution < -0.4 is 15.0 Å². The number of carboxylic acid groups (broad SMARTS) is 1. The van der Waals surface area contributed by atoms with E-state index in [1.165, 1.54) is 6.07 Å². The first kappa shape index (κ1) is 33.1. The van der Waals surface area contributed by atoms with E-state index in [-0.39, 0.29) is 23.9 Å². The molecule has 220 valence electrons. The maximum atomic E-state index is 12.0. The van der Waals surface area contributed by atoms with Gasteiger partial charge in [-0.1, -0.05) is 40.9 Å². The number of carboxylic acids is 1. The summed E-state index contributed by atoms with van der Waals surface area (Å²) in [5.74, 6) is -0.155. The van der Waals surface area contributed by atoms with E-state index < -0.39 is 5.97 Å². The normalized spacial score (nSPS) is 10.7. The smallest absolute Gasteiger partial charge is 0.335 e. The molecule has 0 saturated carbocycles. The second-order valence-corrected chi connectivity index (χ2v) is 10.0. The van der Waals surface area contributed by atoms with Crippen LogP contribution in [0.3, 0.4) is 0 Å². The number of rotatable bonds is 20. The molecule has 9 nitrogen and oxygen atoms in total. The van der Waals surface area contributed by atoms with Crippen molar-refractivity contribution in [3.8, 4) is 11.5 Å². The molecule has 0 unspecified atom stereocenters. The lowest BCUT2D eigenvalue weighted by molar-refractivity contribution is -0.143. The Balaban J connectivity index is 1.85. The first-order chi connectivity index (χ1) is 19.3. The van der Waals surface area contributed by atoms with Crippen LogP contribution in [0.5, 0.6) is 11.5 Å². The molecule has 1 amide bonds. The lowest BCUT2D eigenvalue weighted by Crippen LogP contribution is -2.23. The Hall–Kier alpha value is -3.11. The Morgan fingerprint density at radius 2 is 1.65 bits per heavy atom. The van der Waals surface area contributed by atoms with Gasteiger partial charge >= 0.3 is 11.9 Å². The molecule has 0 fully saturated rings. The van der Waals surface area contributed by atoms with E-state index >= 15 is 0 Å². The highest BCUT2D eigenvalue weighted by Crippen LogP contribution is 2.27. The Morgan fingerprint density at radius 3 is 2.40 bits per heavy atom. The van der Waals surface area contributed by atoms with Gasteiger partial charge in [-0.25, -0.2) is 10.3 Å². The van der Waals surface area contributed by atoms with Crippen LogP contribution in [0.25, 0.3) is 0 Å². The van der Waals surface area contributed by atoms with E-state index in [0.29, 0.717) is 55.9 Å². The summed E-state index contributed by atoms with van der Waals surface area (Å²) in [7, 11) is 0. The number of hydroxylamine groups is 1. The van der Waals surface area contributed by atoms with Crippen LogP contribution in [0.15, 0.2) is 40.9 Å². The molecule has 40 heavy (non-hydrogen) atoms. The first-order valence-electron chi connectivity index (χ1n) is 13.8. The van der Waals surface area contributed by atoms with Crippen LogP contribution in [-0.2, 0) is 32.0 Å². The Kier molecular flexibility index (Phi) is 15.8. The number of hydrogen-bond acceptors (Lipinski definition) is 7. The summed E-state index contributed by atoms with van der Waals surface area (Å²) in [6.07, 6.45) is 6.27. The van der Waals surface area contributed by atoms with E-state index in [2.05, 4.69) is 27.5 Å². The molecule has 0 aliphatic carbocycles. The zero-order valence-electron chi connectivity index (χ0n) is 23.3. The number of aromatic carboxylic acids is 1. The predicted octanol–water partition coefficient (Wildman–Crippen LogP) is 6.05. The molecular formula is C30H40BrNO8. The van der Waals surface area contributed by atoms with Gasteiger partial charge in [-0.05, 0) is 81.3 Å². The number of carbonyl (C=O) groups excluding carboxylic acids is 2. The molecule has 10 heteroatoms. The zero-order chi connectivity index (χ0) is 29.2. The molecule has 0 aromatic heterocycles. The summed E-state index contributed by atoms with van der Waals surface area (Å²) in [5, 5.41) is 9.19. The Morgan fingerprint density at radius 1 is 0.875 bits per heavy atom. The van der Waals surface area contributed by atoms with Crippen molar-refractivity contribution in [2.75, 3.05) is 26.4 Å². The zero-order valence-corrected chi connectivity index (χ0v) is 24.9. The number of halogens is 1. The minimum atomic E-state index is -0.993. The fourth-order valence-corrected chi connectivity index (χ4v) is 4.55. The molecule has 2 rings (SSSR count). The van der Waals surface area contributed by atoms with Gasteiger partial charge in [0.2, 0.25) is 5.91 Å². The second-order valence-electron chi connectivity index (χ2n) is 9.10. The number of esters is 1.